The lowest BCUT2D eigenvalue weighted by Gasteiger charge is -2.13. The second kappa shape index (κ2) is 8.34. The second-order valence-electron chi connectivity index (χ2n) is 7.75. The minimum absolute atomic E-state index is 0.00182. The van der Waals surface area contributed by atoms with E-state index in [1.54, 1.807) is 40.5 Å². The Morgan fingerprint density at radius 3 is 2.65 bits per heavy atom. The molecule has 0 spiro atoms. The van der Waals surface area contributed by atoms with Crippen LogP contribution in [0.25, 0.3) is 38.9 Å². The molecule has 0 radical (unpaired) electrons. The van der Waals surface area contributed by atoms with Crippen LogP contribution in [0.5, 0.6) is 5.75 Å². The normalized spacial score (nSPS) is 11.6. The van der Waals surface area contributed by atoms with Gasteiger partial charge in [0.1, 0.15) is 11.4 Å². The molecule has 11 heteroatoms. The Balaban J connectivity index is 1.93. The van der Waals surface area contributed by atoms with E-state index in [9.17, 15) is 4.79 Å². The van der Waals surface area contributed by atoms with E-state index < -0.39 is 11.5 Å². The van der Waals surface area contributed by atoms with Crippen molar-refractivity contribution in [2.45, 2.75) is 13.5 Å². The summed E-state index contributed by atoms with van der Waals surface area (Å²) in [5.41, 5.74) is 3.51. The van der Waals surface area contributed by atoms with Crippen LogP contribution < -0.4 is 10.4 Å². The van der Waals surface area contributed by atoms with E-state index in [-0.39, 0.29) is 18.0 Å². The highest BCUT2D eigenvalue weighted by molar-refractivity contribution is 6.05. The maximum Gasteiger partial charge on any atom is 0.333 e. The van der Waals surface area contributed by atoms with Crippen molar-refractivity contribution >= 4 is 21.9 Å². The Morgan fingerprint density at radius 1 is 1.12 bits per heavy atom. The van der Waals surface area contributed by atoms with Crippen molar-refractivity contribution in [3.8, 4) is 22.7 Å². The van der Waals surface area contributed by atoms with Crippen LogP contribution in [0.1, 0.15) is 12.5 Å². The van der Waals surface area contributed by atoms with E-state index in [2.05, 4.69) is 20.2 Å². The highest BCUT2D eigenvalue weighted by atomic mass is 19.1. The van der Waals surface area contributed by atoms with Gasteiger partial charge in [-0.15, -0.1) is 0 Å². The predicted octanol–water partition coefficient (Wildman–Crippen LogP) is 2.75. The van der Waals surface area contributed by atoms with Crippen molar-refractivity contribution in [3.05, 3.63) is 58.8 Å². The lowest BCUT2D eigenvalue weighted by Crippen LogP contribution is -2.22. The number of fused-ring (bicyclic) bond motifs is 3. The summed E-state index contributed by atoms with van der Waals surface area (Å²) >= 11 is 0. The zero-order valence-corrected chi connectivity index (χ0v) is 19.1. The molecule has 0 aliphatic carbocycles. The van der Waals surface area contributed by atoms with Crippen LogP contribution >= 0.6 is 0 Å². The predicted molar refractivity (Wildman–Crippen MR) is 123 cm³/mol. The van der Waals surface area contributed by atoms with Gasteiger partial charge in [-0.05, 0) is 24.6 Å². The fourth-order valence-electron chi connectivity index (χ4n) is 4.17. The zero-order chi connectivity index (χ0) is 24.0. The molecule has 0 N–H and O–H groups in total. The number of methoxy groups -OCH3 is 1. The van der Waals surface area contributed by atoms with Crippen LogP contribution in [0.2, 0.25) is 0 Å². The molecule has 0 fully saturated rings. The SMILES string of the molecule is CCOc1cncc(F)c1-n1c(=O)n(C)c2cnc3cc(COC)c(-c4cnn(C)n4)cc3c21. The number of halogens is 1. The number of hydrogen-bond donors (Lipinski definition) is 0. The monoisotopic (exact) mass is 463 g/mol. The van der Waals surface area contributed by atoms with Crippen molar-refractivity contribution in [1.82, 2.24) is 34.1 Å². The molecule has 4 aromatic heterocycles. The van der Waals surface area contributed by atoms with E-state index in [0.29, 0.717) is 34.2 Å². The molecular weight excluding hydrogens is 441 g/mol. The summed E-state index contributed by atoms with van der Waals surface area (Å²) in [6, 6.07) is 3.77. The van der Waals surface area contributed by atoms with Crippen molar-refractivity contribution in [3.63, 3.8) is 0 Å². The molecule has 34 heavy (non-hydrogen) atoms. The molecule has 0 bridgehead atoms. The van der Waals surface area contributed by atoms with Crippen molar-refractivity contribution in [1.29, 1.82) is 0 Å². The third kappa shape index (κ3) is 3.32. The molecule has 0 saturated heterocycles. The van der Waals surface area contributed by atoms with Crippen LogP contribution in [0.4, 0.5) is 4.39 Å². The first-order valence-corrected chi connectivity index (χ1v) is 10.6. The maximum absolute atomic E-state index is 15.1. The number of pyridine rings is 2. The van der Waals surface area contributed by atoms with Gasteiger partial charge in [-0.3, -0.25) is 19.1 Å². The first-order chi connectivity index (χ1) is 16.4. The Hall–Kier alpha value is -4.12. The maximum atomic E-state index is 15.1. The Kier molecular flexibility index (Phi) is 5.33. The summed E-state index contributed by atoms with van der Waals surface area (Å²) in [7, 11) is 4.96. The molecule has 4 heterocycles. The third-order valence-electron chi connectivity index (χ3n) is 5.65. The number of aromatic nitrogens is 7. The molecule has 5 rings (SSSR count). The van der Waals surface area contributed by atoms with Crippen molar-refractivity contribution in [2.75, 3.05) is 13.7 Å². The van der Waals surface area contributed by atoms with Gasteiger partial charge in [-0.2, -0.15) is 15.0 Å². The highest BCUT2D eigenvalue weighted by Gasteiger charge is 2.23. The minimum Gasteiger partial charge on any atom is -0.490 e. The smallest absolute Gasteiger partial charge is 0.333 e. The first kappa shape index (κ1) is 21.7. The van der Waals surface area contributed by atoms with Crippen molar-refractivity contribution in [2.24, 2.45) is 14.1 Å². The molecule has 5 aromatic rings. The fourth-order valence-corrected chi connectivity index (χ4v) is 4.17. The number of ether oxygens (including phenoxy) is 2. The molecule has 10 nitrogen and oxygen atoms in total. The van der Waals surface area contributed by atoms with Crippen LogP contribution in [-0.2, 0) is 25.4 Å². The average Bonchev–Trinajstić information content (AvgIpc) is 3.36. The van der Waals surface area contributed by atoms with Gasteiger partial charge in [0.05, 0.1) is 54.6 Å². The van der Waals surface area contributed by atoms with E-state index >= 15 is 4.39 Å². The zero-order valence-electron chi connectivity index (χ0n) is 19.1. The molecule has 0 atom stereocenters. The standard InChI is InChI=1S/C23H22FN7O3/c1-5-34-20-11-25-8-16(24)22(20)31-21-15-7-14(18-9-27-30(3)28-18)13(12-33-4)6-17(15)26-10-19(21)29(2)23(31)32/h6-11H,5,12H2,1-4H3. The number of nitrogens with zero attached hydrogens (tertiary/aromatic N) is 7. The van der Waals surface area contributed by atoms with Crippen LogP contribution in [0, 0.1) is 5.82 Å². The van der Waals surface area contributed by atoms with E-state index in [0.717, 1.165) is 17.3 Å². The van der Waals surface area contributed by atoms with Crippen LogP contribution in [0.3, 0.4) is 0 Å². The number of rotatable bonds is 6. The van der Waals surface area contributed by atoms with Gasteiger partial charge in [0.2, 0.25) is 0 Å². The van der Waals surface area contributed by atoms with E-state index in [1.165, 1.54) is 20.1 Å². The molecule has 0 aliphatic rings. The lowest BCUT2D eigenvalue weighted by atomic mass is 10.0. The quantitative estimate of drug-likeness (QED) is 0.382. The second-order valence-corrected chi connectivity index (χ2v) is 7.75. The number of benzene rings is 1. The summed E-state index contributed by atoms with van der Waals surface area (Å²) in [5.74, 6) is -0.497. The summed E-state index contributed by atoms with van der Waals surface area (Å²) in [5, 5.41) is 9.26. The average molecular weight is 463 g/mol. The molecular formula is C23H22FN7O3. The molecule has 0 saturated carbocycles. The van der Waals surface area contributed by atoms with Crippen LogP contribution in [0.15, 0.2) is 41.7 Å². The van der Waals surface area contributed by atoms with Gasteiger partial charge in [0.15, 0.2) is 11.6 Å². The lowest BCUT2D eigenvalue weighted by molar-refractivity contribution is 0.185. The topological polar surface area (TPSA) is 102 Å². The van der Waals surface area contributed by atoms with Crippen molar-refractivity contribution < 1.29 is 13.9 Å². The summed E-state index contributed by atoms with van der Waals surface area (Å²) < 4.78 is 28.9. The Morgan fingerprint density at radius 2 is 1.94 bits per heavy atom. The summed E-state index contributed by atoms with van der Waals surface area (Å²) in [6.07, 6.45) is 5.72. The Labute approximate surface area is 193 Å². The van der Waals surface area contributed by atoms with Crippen LogP contribution in [-0.4, -0.2) is 47.8 Å². The summed E-state index contributed by atoms with van der Waals surface area (Å²) in [6.45, 7) is 2.40. The van der Waals surface area contributed by atoms with Gasteiger partial charge in [-0.25, -0.2) is 9.18 Å². The number of imidazole rings is 1. The highest BCUT2D eigenvalue weighted by Crippen LogP contribution is 2.34. The van der Waals surface area contributed by atoms with Gasteiger partial charge in [0.25, 0.3) is 0 Å². The number of aryl methyl sites for hydroxylation is 2. The third-order valence-corrected chi connectivity index (χ3v) is 5.65. The summed E-state index contributed by atoms with van der Waals surface area (Å²) in [4.78, 5) is 23.3. The Bertz CT molecular complexity index is 1600. The largest absolute Gasteiger partial charge is 0.490 e. The number of hydrogen-bond acceptors (Lipinski definition) is 7. The van der Waals surface area contributed by atoms with Gasteiger partial charge in [-0.1, -0.05) is 0 Å². The molecule has 0 aliphatic heterocycles. The molecule has 0 unspecified atom stereocenters. The van der Waals surface area contributed by atoms with Gasteiger partial charge < -0.3 is 9.47 Å². The minimum atomic E-state index is -0.671. The van der Waals surface area contributed by atoms with Gasteiger partial charge in [0, 0.05) is 32.2 Å². The van der Waals surface area contributed by atoms with E-state index in [1.807, 2.05) is 12.1 Å². The molecule has 1 aromatic carbocycles. The molecule has 0 amide bonds. The first-order valence-electron chi connectivity index (χ1n) is 10.6. The molecule has 174 valence electrons. The van der Waals surface area contributed by atoms with E-state index in [4.69, 9.17) is 9.47 Å². The van der Waals surface area contributed by atoms with Gasteiger partial charge >= 0.3 is 5.69 Å². The fraction of sp³-hybridized carbons (Fsp3) is 0.261.